The van der Waals surface area contributed by atoms with Gasteiger partial charge >= 0.3 is 0 Å². The van der Waals surface area contributed by atoms with Crippen LogP contribution in [-0.2, 0) is 9.59 Å². The summed E-state index contributed by atoms with van der Waals surface area (Å²) in [4.78, 5) is 26.6. The normalized spacial score (nSPS) is 13.6. The van der Waals surface area contributed by atoms with Crippen LogP contribution in [0, 0.1) is 20.8 Å². The van der Waals surface area contributed by atoms with Crippen LogP contribution in [0.4, 0.5) is 5.69 Å². The van der Waals surface area contributed by atoms with Gasteiger partial charge in [-0.2, -0.15) is 0 Å². The number of ether oxygens (including phenoxy) is 2. The first-order valence-electron chi connectivity index (χ1n) is 10.5. The van der Waals surface area contributed by atoms with Gasteiger partial charge in [-0.3, -0.25) is 14.5 Å². The predicted molar refractivity (Wildman–Crippen MR) is 121 cm³/mol. The fourth-order valence-electron chi connectivity index (χ4n) is 3.80. The van der Waals surface area contributed by atoms with Crippen LogP contribution in [0.3, 0.4) is 0 Å². The minimum absolute atomic E-state index is 0.119. The molecule has 3 rings (SSSR count). The second-order valence-corrected chi connectivity index (χ2v) is 8.19. The van der Waals surface area contributed by atoms with Crippen LogP contribution in [-0.4, -0.2) is 50.1 Å². The zero-order valence-electron chi connectivity index (χ0n) is 18.9. The molecule has 2 aromatic carbocycles. The Morgan fingerprint density at radius 3 is 2.26 bits per heavy atom. The van der Waals surface area contributed by atoms with E-state index in [0.29, 0.717) is 19.0 Å². The first-order valence-corrected chi connectivity index (χ1v) is 10.5. The van der Waals surface area contributed by atoms with Crippen LogP contribution in [0.5, 0.6) is 11.5 Å². The van der Waals surface area contributed by atoms with Crippen molar-refractivity contribution in [2.75, 3.05) is 38.7 Å². The molecule has 2 amide bonds. The molecule has 0 saturated carbocycles. The fourth-order valence-corrected chi connectivity index (χ4v) is 3.80. The van der Waals surface area contributed by atoms with E-state index in [1.54, 1.807) is 11.9 Å². The maximum Gasteiger partial charge on any atom is 0.238 e. The summed E-state index contributed by atoms with van der Waals surface area (Å²) in [5.74, 6) is 1.12. The first-order chi connectivity index (χ1) is 14.7. The van der Waals surface area contributed by atoms with E-state index < -0.39 is 0 Å². The van der Waals surface area contributed by atoms with Crippen LogP contribution in [0.15, 0.2) is 30.3 Å². The van der Waals surface area contributed by atoms with E-state index in [1.165, 1.54) is 0 Å². The van der Waals surface area contributed by atoms with E-state index in [-0.39, 0.29) is 30.9 Å². The van der Waals surface area contributed by atoms with Gasteiger partial charge in [0, 0.05) is 5.69 Å². The molecule has 0 aromatic heterocycles. The Morgan fingerprint density at radius 2 is 1.58 bits per heavy atom. The van der Waals surface area contributed by atoms with Gasteiger partial charge in [0.25, 0.3) is 0 Å². The topological polar surface area (TPSA) is 79.9 Å². The van der Waals surface area contributed by atoms with Crippen LogP contribution in [0.2, 0.25) is 0 Å². The number of hydrogen-bond acceptors (Lipinski definition) is 5. The van der Waals surface area contributed by atoms with E-state index in [0.717, 1.165) is 33.7 Å². The number of rotatable bonds is 7. The number of nitrogens with one attached hydrogen (secondary N) is 2. The SMILES string of the molecule is Cc1cc(C)c(NC(=O)CN(C)CC(=O)N[C@@H](C)c2ccc3c(c2)OCCO3)c(C)c1. The predicted octanol–water partition coefficient (Wildman–Crippen LogP) is 3.13. The average Bonchev–Trinajstić information content (AvgIpc) is 2.70. The average molecular weight is 426 g/mol. The molecule has 0 spiro atoms. The quantitative estimate of drug-likeness (QED) is 0.713. The summed E-state index contributed by atoms with van der Waals surface area (Å²) >= 11 is 0. The van der Waals surface area contributed by atoms with E-state index >= 15 is 0 Å². The van der Waals surface area contributed by atoms with Crippen molar-refractivity contribution in [3.05, 3.63) is 52.6 Å². The number of carbonyl (C=O) groups excluding carboxylic acids is 2. The highest BCUT2D eigenvalue weighted by Crippen LogP contribution is 2.32. The van der Waals surface area contributed by atoms with Crippen LogP contribution in [0.1, 0.15) is 35.2 Å². The maximum absolute atomic E-state index is 12.5. The van der Waals surface area contributed by atoms with Gasteiger partial charge in [-0.1, -0.05) is 23.8 Å². The summed E-state index contributed by atoms with van der Waals surface area (Å²) in [7, 11) is 1.75. The van der Waals surface area contributed by atoms with Crippen molar-refractivity contribution in [2.24, 2.45) is 0 Å². The molecular formula is C24H31N3O4. The molecule has 0 saturated heterocycles. The summed E-state index contributed by atoms with van der Waals surface area (Å²) in [6.07, 6.45) is 0. The number of aryl methyl sites for hydroxylation is 3. The van der Waals surface area contributed by atoms with Crippen molar-refractivity contribution in [3.8, 4) is 11.5 Å². The van der Waals surface area contributed by atoms with Crippen molar-refractivity contribution in [1.29, 1.82) is 0 Å². The first kappa shape index (κ1) is 22.6. The number of benzene rings is 2. The third-order valence-corrected chi connectivity index (χ3v) is 5.21. The summed E-state index contributed by atoms with van der Waals surface area (Å²) < 4.78 is 11.1. The molecule has 1 aliphatic heterocycles. The van der Waals surface area contributed by atoms with Gasteiger partial charge in [-0.05, 0) is 63.6 Å². The molecule has 2 N–H and O–H groups in total. The number of amides is 2. The summed E-state index contributed by atoms with van der Waals surface area (Å²) in [6.45, 7) is 9.21. The second kappa shape index (κ2) is 9.83. The van der Waals surface area contributed by atoms with Crippen molar-refractivity contribution in [2.45, 2.75) is 33.7 Å². The molecule has 166 valence electrons. The van der Waals surface area contributed by atoms with Gasteiger partial charge in [-0.25, -0.2) is 0 Å². The number of fused-ring (bicyclic) bond motifs is 1. The third kappa shape index (κ3) is 5.98. The van der Waals surface area contributed by atoms with Gasteiger partial charge < -0.3 is 20.1 Å². The molecule has 0 radical (unpaired) electrons. The highest BCUT2D eigenvalue weighted by atomic mass is 16.6. The van der Waals surface area contributed by atoms with Crippen molar-refractivity contribution in [3.63, 3.8) is 0 Å². The standard InChI is InChI=1S/C24H31N3O4/c1-15-10-16(2)24(17(3)11-15)26-23(29)14-27(5)13-22(28)25-18(4)19-6-7-20-21(12-19)31-9-8-30-20/h6-7,10-12,18H,8-9,13-14H2,1-5H3,(H,25,28)(H,26,29)/t18-/m0/s1. The van der Waals surface area contributed by atoms with E-state index in [4.69, 9.17) is 9.47 Å². The Kier molecular flexibility index (Phi) is 7.17. The van der Waals surface area contributed by atoms with Gasteiger partial charge in [0.2, 0.25) is 11.8 Å². The van der Waals surface area contributed by atoms with Crippen molar-refractivity contribution < 1.29 is 19.1 Å². The third-order valence-electron chi connectivity index (χ3n) is 5.21. The highest BCUT2D eigenvalue weighted by Gasteiger charge is 2.17. The van der Waals surface area contributed by atoms with Crippen molar-refractivity contribution >= 4 is 17.5 Å². The molecule has 1 atom stereocenters. The highest BCUT2D eigenvalue weighted by molar-refractivity contribution is 5.94. The van der Waals surface area contributed by atoms with Gasteiger partial charge in [0.1, 0.15) is 13.2 Å². The van der Waals surface area contributed by atoms with Gasteiger partial charge in [0.05, 0.1) is 19.1 Å². The summed E-state index contributed by atoms with van der Waals surface area (Å²) in [6, 6.07) is 9.56. The molecular weight excluding hydrogens is 394 g/mol. The van der Waals surface area contributed by atoms with Crippen LogP contribution in [0.25, 0.3) is 0 Å². The molecule has 0 unspecified atom stereocenters. The van der Waals surface area contributed by atoms with E-state index in [9.17, 15) is 9.59 Å². The lowest BCUT2D eigenvalue weighted by molar-refractivity contribution is -0.123. The molecule has 0 aliphatic carbocycles. The smallest absolute Gasteiger partial charge is 0.238 e. The molecule has 1 aliphatic rings. The van der Waals surface area contributed by atoms with Crippen molar-refractivity contribution in [1.82, 2.24) is 10.2 Å². The Hall–Kier alpha value is -3.06. The molecule has 0 fully saturated rings. The lowest BCUT2D eigenvalue weighted by Gasteiger charge is -2.22. The van der Waals surface area contributed by atoms with E-state index in [2.05, 4.69) is 10.6 Å². The van der Waals surface area contributed by atoms with Crippen LogP contribution >= 0.6 is 0 Å². The minimum atomic E-state index is -0.191. The fraction of sp³-hybridized carbons (Fsp3) is 0.417. The summed E-state index contributed by atoms with van der Waals surface area (Å²) in [5, 5.41) is 5.94. The minimum Gasteiger partial charge on any atom is -0.486 e. The summed E-state index contributed by atoms with van der Waals surface area (Å²) in [5.41, 5.74) is 4.98. The lowest BCUT2D eigenvalue weighted by atomic mass is 10.1. The van der Waals surface area contributed by atoms with Crippen LogP contribution < -0.4 is 20.1 Å². The Labute approximate surface area is 183 Å². The molecule has 0 bridgehead atoms. The molecule has 31 heavy (non-hydrogen) atoms. The molecule has 2 aromatic rings. The number of hydrogen-bond donors (Lipinski definition) is 2. The second-order valence-electron chi connectivity index (χ2n) is 8.19. The number of likely N-dealkylation sites (N-methyl/N-ethyl adjacent to an activating group) is 1. The molecule has 7 heteroatoms. The number of carbonyl (C=O) groups is 2. The Morgan fingerprint density at radius 1 is 0.968 bits per heavy atom. The molecule has 7 nitrogen and oxygen atoms in total. The maximum atomic E-state index is 12.5. The number of nitrogens with zero attached hydrogens (tertiary/aromatic N) is 1. The van der Waals surface area contributed by atoms with Gasteiger partial charge in [0.15, 0.2) is 11.5 Å². The zero-order chi connectivity index (χ0) is 22.5. The zero-order valence-corrected chi connectivity index (χ0v) is 18.9. The Balaban J connectivity index is 1.50. The van der Waals surface area contributed by atoms with E-state index in [1.807, 2.05) is 58.0 Å². The monoisotopic (exact) mass is 425 g/mol. The largest absolute Gasteiger partial charge is 0.486 e. The number of anilines is 1. The molecule has 1 heterocycles. The van der Waals surface area contributed by atoms with Gasteiger partial charge in [-0.15, -0.1) is 0 Å². The lowest BCUT2D eigenvalue weighted by Crippen LogP contribution is -2.39. The Bertz CT molecular complexity index is 950.